The summed E-state index contributed by atoms with van der Waals surface area (Å²) in [5.41, 5.74) is 0.419. The normalized spacial score (nSPS) is 10.2. The number of amides is 1. The summed E-state index contributed by atoms with van der Waals surface area (Å²) in [5, 5.41) is 13.5. The van der Waals surface area contributed by atoms with Crippen molar-refractivity contribution in [3.63, 3.8) is 0 Å². The average molecular weight is 281 g/mol. The third kappa shape index (κ3) is 3.41. The van der Waals surface area contributed by atoms with E-state index in [0.29, 0.717) is 29.5 Å². The smallest absolute Gasteiger partial charge is 0.252 e. The molecular weight excluding hydrogens is 268 g/mol. The van der Waals surface area contributed by atoms with E-state index in [2.05, 4.69) is 25.9 Å². The minimum atomic E-state index is -0.225. The molecule has 0 bridgehead atoms. The van der Waals surface area contributed by atoms with Crippen molar-refractivity contribution in [2.24, 2.45) is 0 Å². The van der Waals surface area contributed by atoms with Crippen molar-refractivity contribution in [2.75, 3.05) is 18.9 Å². The van der Waals surface area contributed by atoms with Gasteiger partial charge in [0.15, 0.2) is 0 Å². The fourth-order valence-corrected chi connectivity index (χ4v) is 1.74. The molecule has 100 valence electrons. The number of hydrogen-bond acceptors (Lipinski definition) is 5. The van der Waals surface area contributed by atoms with Crippen molar-refractivity contribution in [3.8, 4) is 0 Å². The molecule has 2 rings (SSSR count). The van der Waals surface area contributed by atoms with Gasteiger partial charge in [-0.05, 0) is 6.07 Å². The van der Waals surface area contributed by atoms with Gasteiger partial charge < -0.3 is 10.6 Å². The molecule has 19 heavy (non-hydrogen) atoms. The molecule has 0 atom stereocenters. The zero-order valence-electron chi connectivity index (χ0n) is 10.3. The first-order chi connectivity index (χ1) is 9.20. The molecule has 0 aliphatic carbocycles. The second-order valence-electron chi connectivity index (χ2n) is 3.73. The zero-order chi connectivity index (χ0) is 13.7. The molecule has 0 radical (unpaired) electrons. The molecule has 0 aromatic carbocycles. The van der Waals surface area contributed by atoms with Crippen LogP contribution in [0.4, 0.5) is 5.82 Å². The molecule has 0 saturated heterocycles. The van der Waals surface area contributed by atoms with Crippen molar-refractivity contribution in [3.05, 3.63) is 35.2 Å². The van der Waals surface area contributed by atoms with Gasteiger partial charge >= 0.3 is 0 Å². The van der Waals surface area contributed by atoms with Gasteiger partial charge in [0.2, 0.25) is 0 Å². The van der Waals surface area contributed by atoms with Crippen LogP contribution in [0.1, 0.15) is 10.4 Å². The molecule has 0 spiro atoms. The van der Waals surface area contributed by atoms with E-state index in [9.17, 15) is 4.79 Å². The van der Waals surface area contributed by atoms with Crippen molar-refractivity contribution >= 4 is 23.3 Å². The standard InChI is InChI=1S/C11H13ClN6O/c1-13-10-9(12)6-8(7-15-10)11(19)14-2-4-18-5-3-16-17-18/h3,5-7H,2,4H2,1H3,(H,13,15)(H,14,19). The Balaban J connectivity index is 1.91. The van der Waals surface area contributed by atoms with E-state index >= 15 is 0 Å². The second-order valence-corrected chi connectivity index (χ2v) is 4.13. The number of pyridine rings is 1. The number of nitrogens with one attached hydrogen (secondary N) is 2. The van der Waals surface area contributed by atoms with Gasteiger partial charge in [0.25, 0.3) is 5.91 Å². The van der Waals surface area contributed by atoms with E-state index < -0.39 is 0 Å². The van der Waals surface area contributed by atoms with Gasteiger partial charge in [-0.15, -0.1) is 5.10 Å². The molecule has 8 heteroatoms. The lowest BCUT2D eigenvalue weighted by molar-refractivity contribution is 0.0951. The van der Waals surface area contributed by atoms with Crippen molar-refractivity contribution in [2.45, 2.75) is 6.54 Å². The Morgan fingerprint density at radius 3 is 3.00 bits per heavy atom. The number of halogens is 1. The van der Waals surface area contributed by atoms with Crippen LogP contribution in [-0.2, 0) is 6.54 Å². The highest BCUT2D eigenvalue weighted by molar-refractivity contribution is 6.33. The topological polar surface area (TPSA) is 84.7 Å². The zero-order valence-corrected chi connectivity index (χ0v) is 11.1. The van der Waals surface area contributed by atoms with E-state index in [0.717, 1.165) is 0 Å². The molecular formula is C11H13ClN6O. The maximum absolute atomic E-state index is 11.8. The lowest BCUT2D eigenvalue weighted by Gasteiger charge is -2.07. The molecule has 2 aromatic rings. The fourth-order valence-electron chi connectivity index (χ4n) is 1.48. The molecule has 0 unspecified atom stereocenters. The highest BCUT2D eigenvalue weighted by Crippen LogP contribution is 2.19. The maximum Gasteiger partial charge on any atom is 0.252 e. The van der Waals surface area contributed by atoms with Crippen LogP contribution in [-0.4, -0.2) is 39.5 Å². The average Bonchev–Trinajstić information content (AvgIpc) is 2.91. The van der Waals surface area contributed by atoms with Crippen LogP contribution in [0.15, 0.2) is 24.7 Å². The summed E-state index contributed by atoms with van der Waals surface area (Å²) in [6, 6.07) is 1.57. The number of nitrogens with zero attached hydrogens (tertiary/aromatic N) is 4. The number of aromatic nitrogens is 4. The summed E-state index contributed by atoms with van der Waals surface area (Å²) in [7, 11) is 1.71. The Labute approximate surface area is 115 Å². The van der Waals surface area contributed by atoms with E-state index in [-0.39, 0.29) is 5.91 Å². The monoisotopic (exact) mass is 280 g/mol. The van der Waals surface area contributed by atoms with Crippen LogP contribution in [0.25, 0.3) is 0 Å². The first kappa shape index (κ1) is 13.3. The van der Waals surface area contributed by atoms with E-state index in [1.807, 2.05) is 0 Å². The van der Waals surface area contributed by atoms with Gasteiger partial charge in [0.05, 0.1) is 23.3 Å². The lowest BCUT2D eigenvalue weighted by atomic mass is 10.2. The summed E-state index contributed by atoms with van der Waals surface area (Å²) in [6.07, 6.45) is 4.79. The molecule has 2 aromatic heterocycles. The summed E-state index contributed by atoms with van der Waals surface area (Å²) in [5.74, 6) is 0.318. The Bertz CT molecular complexity index is 556. The molecule has 7 nitrogen and oxygen atoms in total. The van der Waals surface area contributed by atoms with Crippen LogP contribution in [0.3, 0.4) is 0 Å². The van der Waals surface area contributed by atoms with E-state index in [4.69, 9.17) is 11.6 Å². The van der Waals surface area contributed by atoms with Gasteiger partial charge in [-0.3, -0.25) is 9.48 Å². The molecule has 0 aliphatic rings. The first-order valence-corrected chi connectivity index (χ1v) is 6.04. The minimum absolute atomic E-state index is 0.225. The van der Waals surface area contributed by atoms with Crippen LogP contribution < -0.4 is 10.6 Å². The summed E-state index contributed by atoms with van der Waals surface area (Å²) < 4.78 is 1.63. The van der Waals surface area contributed by atoms with Gasteiger partial charge in [0, 0.05) is 26.0 Å². The van der Waals surface area contributed by atoms with Crippen molar-refractivity contribution in [1.82, 2.24) is 25.3 Å². The van der Waals surface area contributed by atoms with Crippen LogP contribution in [0, 0.1) is 0 Å². The lowest BCUT2D eigenvalue weighted by Crippen LogP contribution is -2.27. The third-order valence-electron chi connectivity index (χ3n) is 2.44. The van der Waals surface area contributed by atoms with Gasteiger partial charge in [-0.2, -0.15) is 0 Å². The summed E-state index contributed by atoms with van der Waals surface area (Å²) >= 11 is 5.96. The number of rotatable bonds is 5. The van der Waals surface area contributed by atoms with Crippen molar-refractivity contribution in [1.29, 1.82) is 0 Å². The number of anilines is 1. The molecule has 0 aliphatic heterocycles. The SMILES string of the molecule is CNc1ncc(C(=O)NCCn2ccnn2)cc1Cl. The van der Waals surface area contributed by atoms with Crippen molar-refractivity contribution < 1.29 is 4.79 Å². The second kappa shape index (κ2) is 6.14. The van der Waals surface area contributed by atoms with E-state index in [1.54, 1.807) is 30.2 Å². The van der Waals surface area contributed by atoms with Gasteiger partial charge in [0.1, 0.15) is 5.82 Å². The van der Waals surface area contributed by atoms with Crippen LogP contribution >= 0.6 is 11.6 Å². The highest BCUT2D eigenvalue weighted by Gasteiger charge is 2.08. The van der Waals surface area contributed by atoms with Crippen LogP contribution in [0.5, 0.6) is 0 Å². The minimum Gasteiger partial charge on any atom is -0.372 e. The Hall–Kier alpha value is -2.15. The van der Waals surface area contributed by atoms with Gasteiger partial charge in [-0.25, -0.2) is 4.98 Å². The predicted molar refractivity (Wildman–Crippen MR) is 71.1 cm³/mol. The fraction of sp³-hybridized carbons (Fsp3) is 0.273. The number of carbonyl (C=O) groups excluding carboxylic acids is 1. The summed E-state index contributed by atoms with van der Waals surface area (Å²) in [6.45, 7) is 1.01. The third-order valence-corrected chi connectivity index (χ3v) is 2.73. The molecule has 2 N–H and O–H groups in total. The number of carbonyl (C=O) groups is 1. The first-order valence-electron chi connectivity index (χ1n) is 5.66. The Morgan fingerprint density at radius 1 is 1.53 bits per heavy atom. The molecule has 0 saturated carbocycles. The van der Waals surface area contributed by atoms with Crippen LogP contribution in [0.2, 0.25) is 5.02 Å². The molecule has 0 fully saturated rings. The largest absolute Gasteiger partial charge is 0.372 e. The van der Waals surface area contributed by atoms with Gasteiger partial charge in [-0.1, -0.05) is 16.8 Å². The Kier molecular flexibility index (Phi) is 4.30. The molecule has 1 amide bonds. The van der Waals surface area contributed by atoms with E-state index in [1.165, 1.54) is 6.20 Å². The highest BCUT2D eigenvalue weighted by atomic mass is 35.5. The molecule has 2 heterocycles. The summed E-state index contributed by atoms with van der Waals surface area (Å²) in [4.78, 5) is 15.9. The number of hydrogen-bond donors (Lipinski definition) is 2. The Morgan fingerprint density at radius 2 is 2.37 bits per heavy atom. The predicted octanol–water partition coefficient (Wildman–Crippen LogP) is 0.798. The maximum atomic E-state index is 11.8. The quantitative estimate of drug-likeness (QED) is 0.846.